The van der Waals surface area contributed by atoms with E-state index in [1.165, 1.54) is 6.20 Å². The Morgan fingerprint density at radius 2 is 1.92 bits per heavy atom. The van der Waals surface area contributed by atoms with Gasteiger partial charge in [-0.15, -0.1) is 0 Å². The smallest absolute Gasteiger partial charge is 0.253 e. The first-order valence-electron chi connectivity index (χ1n) is 8.03. The predicted octanol–water partition coefficient (Wildman–Crippen LogP) is 4.42. The molecular weight excluding hydrogens is 350 g/mol. The maximum atomic E-state index is 12.4. The number of nitrogens with zero attached hydrogens (tertiary/aromatic N) is 1. The van der Waals surface area contributed by atoms with Gasteiger partial charge >= 0.3 is 0 Å². The van der Waals surface area contributed by atoms with Gasteiger partial charge in [0, 0.05) is 29.5 Å². The van der Waals surface area contributed by atoms with Crippen LogP contribution in [0.15, 0.2) is 67.0 Å². The summed E-state index contributed by atoms with van der Waals surface area (Å²) in [6.07, 6.45) is 3.18. The highest BCUT2D eigenvalue weighted by molar-refractivity contribution is 6.31. The van der Waals surface area contributed by atoms with Gasteiger partial charge in [0.1, 0.15) is 5.75 Å². The van der Waals surface area contributed by atoms with Gasteiger partial charge in [-0.25, -0.2) is 0 Å². The lowest BCUT2D eigenvalue weighted by Gasteiger charge is -2.10. The lowest BCUT2D eigenvalue weighted by molar-refractivity contribution is 0.0950. The summed E-state index contributed by atoms with van der Waals surface area (Å²) in [6, 6.07) is 16.7. The molecule has 0 bridgehead atoms. The van der Waals surface area contributed by atoms with E-state index in [2.05, 4.69) is 15.6 Å². The average molecular weight is 368 g/mol. The molecule has 1 aromatic heterocycles. The fourth-order valence-electron chi connectivity index (χ4n) is 2.42. The Hall–Kier alpha value is -3.05. The van der Waals surface area contributed by atoms with Crippen molar-refractivity contribution in [3.63, 3.8) is 0 Å². The molecule has 0 aliphatic rings. The van der Waals surface area contributed by atoms with Crippen molar-refractivity contribution in [2.75, 3.05) is 12.4 Å². The van der Waals surface area contributed by atoms with Gasteiger partial charge in [0.25, 0.3) is 5.91 Å². The number of halogens is 1. The largest absolute Gasteiger partial charge is 0.497 e. The van der Waals surface area contributed by atoms with Crippen molar-refractivity contribution in [3.05, 3.63) is 83.1 Å². The fourth-order valence-corrected chi connectivity index (χ4v) is 2.62. The number of rotatable bonds is 6. The number of ether oxygens (including phenoxy) is 1. The number of benzene rings is 2. The highest BCUT2D eigenvalue weighted by Crippen LogP contribution is 2.21. The monoisotopic (exact) mass is 367 g/mol. The van der Waals surface area contributed by atoms with Gasteiger partial charge in [-0.1, -0.05) is 35.9 Å². The van der Waals surface area contributed by atoms with E-state index in [1.54, 1.807) is 25.4 Å². The first-order valence-corrected chi connectivity index (χ1v) is 8.41. The van der Waals surface area contributed by atoms with Gasteiger partial charge in [0.15, 0.2) is 0 Å². The second kappa shape index (κ2) is 8.36. The summed E-state index contributed by atoms with van der Waals surface area (Å²) < 4.78 is 5.21. The van der Waals surface area contributed by atoms with Crippen LogP contribution in [0, 0.1) is 0 Å². The van der Waals surface area contributed by atoms with Crippen LogP contribution in [0.25, 0.3) is 0 Å². The van der Waals surface area contributed by atoms with Crippen molar-refractivity contribution in [2.24, 2.45) is 0 Å². The minimum Gasteiger partial charge on any atom is -0.497 e. The summed E-state index contributed by atoms with van der Waals surface area (Å²) in [5.41, 5.74) is 2.88. The van der Waals surface area contributed by atoms with Crippen LogP contribution in [-0.4, -0.2) is 18.0 Å². The molecular formula is C20H18ClN3O2. The summed E-state index contributed by atoms with van der Waals surface area (Å²) in [5.74, 6) is 0.531. The molecule has 0 saturated heterocycles. The lowest BCUT2D eigenvalue weighted by atomic mass is 10.2. The molecule has 0 aliphatic carbocycles. The van der Waals surface area contributed by atoms with Gasteiger partial charge in [-0.05, 0) is 29.8 Å². The number of aromatic nitrogens is 1. The van der Waals surface area contributed by atoms with E-state index in [0.29, 0.717) is 22.8 Å². The SMILES string of the molecule is COc1cccc(Nc2cncc(C(=O)NCc3ccccc3Cl)c2)c1. The fraction of sp³-hybridized carbons (Fsp3) is 0.100. The summed E-state index contributed by atoms with van der Waals surface area (Å²) in [5, 5.41) is 6.69. The van der Waals surface area contributed by atoms with Crippen molar-refractivity contribution in [1.82, 2.24) is 10.3 Å². The molecule has 0 saturated carbocycles. The summed E-state index contributed by atoms with van der Waals surface area (Å²) in [4.78, 5) is 16.5. The Kier molecular flexibility index (Phi) is 5.71. The Balaban J connectivity index is 1.68. The molecule has 132 valence electrons. The molecule has 0 fully saturated rings. The first kappa shape index (κ1) is 17.8. The van der Waals surface area contributed by atoms with E-state index in [0.717, 1.165) is 17.0 Å². The molecule has 0 spiro atoms. The molecule has 3 aromatic rings. The molecule has 0 radical (unpaired) electrons. The van der Waals surface area contributed by atoms with Gasteiger partial charge in [-0.3, -0.25) is 9.78 Å². The second-order valence-corrected chi connectivity index (χ2v) is 6.00. The number of amides is 1. The maximum absolute atomic E-state index is 12.4. The molecule has 3 rings (SSSR count). The second-order valence-electron chi connectivity index (χ2n) is 5.59. The standard InChI is InChI=1S/C20H18ClN3O2/c1-26-18-7-4-6-16(10-18)24-17-9-15(11-22-13-17)20(25)23-12-14-5-2-3-8-19(14)21/h2-11,13,24H,12H2,1H3,(H,23,25). The minimum absolute atomic E-state index is 0.216. The third-order valence-electron chi connectivity index (χ3n) is 3.76. The third-order valence-corrected chi connectivity index (χ3v) is 4.12. The van der Waals surface area contributed by atoms with Crippen LogP contribution in [0.1, 0.15) is 15.9 Å². The van der Waals surface area contributed by atoms with Crippen LogP contribution >= 0.6 is 11.6 Å². The van der Waals surface area contributed by atoms with E-state index in [1.807, 2.05) is 42.5 Å². The number of nitrogens with one attached hydrogen (secondary N) is 2. The molecule has 26 heavy (non-hydrogen) atoms. The molecule has 2 aromatic carbocycles. The highest BCUT2D eigenvalue weighted by atomic mass is 35.5. The Labute approximate surface area is 157 Å². The average Bonchev–Trinajstić information content (AvgIpc) is 2.67. The van der Waals surface area contributed by atoms with E-state index in [4.69, 9.17) is 16.3 Å². The van der Waals surface area contributed by atoms with Crippen molar-refractivity contribution < 1.29 is 9.53 Å². The number of hydrogen-bond acceptors (Lipinski definition) is 4. The summed E-state index contributed by atoms with van der Waals surface area (Å²) in [6.45, 7) is 0.353. The van der Waals surface area contributed by atoms with Crippen molar-refractivity contribution in [2.45, 2.75) is 6.54 Å². The topological polar surface area (TPSA) is 63.2 Å². The normalized spacial score (nSPS) is 10.2. The number of anilines is 2. The zero-order valence-corrected chi connectivity index (χ0v) is 15.0. The zero-order chi connectivity index (χ0) is 18.4. The summed E-state index contributed by atoms with van der Waals surface area (Å²) in [7, 11) is 1.62. The van der Waals surface area contributed by atoms with Crippen molar-refractivity contribution in [1.29, 1.82) is 0 Å². The molecule has 1 heterocycles. The van der Waals surface area contributed by atoms with Crippen LogP contribution in [0.5, 0.6) is 5.75 Å². The Morgan fingerprint density at radius 1 is 1.08 bits per heavy atom. The molecule has 2 N–H and O–H groups in total. The predicted molar refractivity (Wildman–Crippen MR) is 103 cm³/mol. The number of carbonyl (C=O) groups is 1. The van der Waals surface area contributed by atoms with E-state index < -0.39 is 0 Å². The number of hydrogen-bond donors (Lipinski definition) is 2. The molecule has 5 nitrogen and oxygen atoms in total. The van der Waals surface area contributed by atoms with Gasteiger partial charge < -0.3 is 15.4 Å². The number of methoxy groups -OCH3 is 1. The quantitative estimate of drug-likeness (QED) is 0.677. The van der Waals surface area contributed by atoms with Crippen LogP contribution < -0.4 is 15.4 Å². The molecule has 1 amide bonds. The minimum atomic E-state index is -0.216. The van der Waals surface area contributed by atoms with Gasteiger partial charge in [0.2, 0.25) is 0 Å². The molecule has 0 aliphatic heterocycles. The van der Waals surface area contributed by atoms with Gasteiger partial charge in [-0.2, -0.15) is 0 Å². The maximum Gasteiger partial charge on any atom is 0.253 e. The molecule has 6 heteroatoms. The highest BCUT2D eigenvalue weighted by Gasteiger charge is 2.08. The third kappa shape index (κ3) is 4.52. The van der Waals surface area contributed by atoms with Gasteiger partial charge in [0.05, 0.1) is 24.6 Å². The molecule has 0 atom stereocenters. The van der Waals surface area contributed by atoms with Crippen LogP contribution in [0.4, 0.5) is 11.4 Å². The van der Waals surface area contributed by atoms with Crippen molar-refractivity contribution >= 4 is 28.9 Å². The van der Waals surface area contributed by atoms with Crippen LogP contribution in [0.3, 0.4) is 0 Å². The van der Waals surface area contributed by atoms with Crippen LogP contribution in [-0.2, 0) is 6.54 Å². The lowest BCUT2D eigenvalue weighted by Crippen LogP contribution is -2.23. The number of pyridine rings is 1. The van der Waals surface area contributed by atoms with E-state index in [9.17, 15) is 4.79 Å². The van der Waals surface area contributed by atoms with E-state index in [-0.39, 0.29) is 5.91 Å². The number of carbonyl (C=O) groups excluding carboxylic acids is 1. The Morgan fingerprint density at radius 3 is 2.73 bits per heavy atom. The van der Waals surface area contributed by atoms with Crippen molar-refractivity contribution in [3.8, 4) is 5.75 Å². The zero-order valence-electron chi connectivity index (χ0n) is 14.2. The van der Waals surface area contributed by atoms with Crippen LogP contribution in [0.2, 0.25) is 5.02 Å². The Bertz CT molecular complexity index is 915. The van der Waals surface area contributed by atoms with E-state index >= 15 is 0 Å². The summed E-state index contributed by atoms with van der Waals surface area (Å²) >= 11 is 6.11. The molecule has 0 unspecified atom stereocenters. The first-order chi connectivity index (χ1) is 12.7.